The van der Waals surface area contributed by atoms with Crippen molar-refractivity contribution in [1.29, 1.82) is 0 Å². The van der Waals surface area contributed by atoms with E-state index in [1.807, 2.05) is 24.4 Å². The quantitative estimate of drug-likeness (QED) is 0.495. The van der Waals surface area contributed by atoms with Crippen molar-refractivity contribution < 1.29 is 9.59 Å². The lowest BCUT2D eigenvalue weighted by molar-refractivity contribution is -0.120. The summed E-state index contributed by atoms with van der Waals surface area (Å²) >= 11 is 0. The number of aromatic nitrogens is 3. The number of fused-ring (bicyclic) bond motifs is 1. The Hall–Kier alpha value is -4.20. The number of nitrogens with one attached hydrogen (secondary N) is 1. The van der Waals surface area contributed by atoms with Crippen LogP contribution >= 0.6 is 0 Å². The summed E-state index contributed by atoms with van der Waals surface area (Å²) in [5.74, 6) is 0.859. The maximum Gasteiger partial charge on any atom is 0.250 e. The van der Waals surface area contributed by atoms with Gasteiger partial charge >= 0.3 is 0 Å². The number of anilines is 2. The fraction of sp³-hybridized carbons (Fsp3) is 0.200. The molecule has 166 valence electrons. The molecule has 0 unspecified atom stereocenters. The van der Waals surface area contributed by atoms with E-state index in [-0.39, 0.29) is 11.8 Å². The van der Waals surface area contributed by atoms with Crippen LogP contribution in [-0.4, -0.2) is 39.4 Å². The first-order chi connectivity index (χ1) is 16.1. The molecule has 0 aliphatic carbocycles. The number of carbonyl (C=O) groups is 2. The molecule has 2 aromatic heterocycles. The van der Waals surface area contributed by atoms with Gasteiger partial charge in [0.2, 0.25) is 5.91 Å². The van der Waals surface area contributed by atoms with Crippen LogP contribution in [0.2, 0.25) is 0 Å². The number of amides is 2. The second kappa shape index (κ2) is 8.74. The summed E-state index contributed by atoms with van der Waals surface area (Å²) in [5, 5.41) is 4.03. The predicted molar refractivity (Wildman–Crippen MR) is 127 cm³/mol. The monoisotopic (exact) mass is 440 g/mol. The Morgan fingerprint density at radius 3 is 2.48 bits per heavy atom. The summed E-state index contributed by atoms with van der Waals surface area (Å²) in [6, 6.07) is 19.0. The summed E-state index contributed by atoms with van der Waals surface area (Å²) in [6.45, 7) is 1.41. The van der Waals surface area contributed by atoms with Gasteiger partial charge in [-0.2, -0.15) is 0 Å². The van der Waals surface area contributed by atoms with Gasteiger partial charge in [-0.1, -0.05) is 30.3 Å². The lowest BCUT2D eigenvalue weighted by Gasteiger charge is -2.32. The third-order valence-corrected chi connectivity index (χ3v) is 6.12. The number of benzene rings is 2. The van der Waals surface area contributed by atoms with Crippen molar-refractivity contribution in [3.05, 3.63) is 78.8 Å². The van der Waals surface area contributed by atoms with Crippen LogP contribution in [0.3, 0.4) is 0 Å². The van der Waals surface area contributed by atoms with Gasteiger partial charge in [0.1, 0.15) is 18.0 Å². The van der Waals surface area contributed by atoms with Gasteiger partial charge in [-0.3, -0.25) is 9.59 Å². The molecule has 8 nitrogen and oxygen atoms in total. The standard InChI is InChI=1S/C25H24N6O2/c26-24(32)19-6-2-3-7-20(19)29-25(33)18-9-12-30(13-10-18)22-15-23(28-16-27-22)31-14-11-17-5-1-4-8-21(17)31/h1-8,11,14-16,18H,9-10,12-13H2,(H2,26,32)(H,29,33). The molecular formula is C25H24N6O2. The molecule has 1 aliphatic rings. The summed E-state index contributed by atoms with van der Waals surface area (Å²) in [6.07, 6.45) is 4.98. The second-order valence-electron chi connectivity index (χ2n) is 8.14. The van der Waals surface area contributed by atoms with Crippen LogP contribution in [-0.2, 0) is 4.79 Å². The molecule has 4 aromatic rings. The van der Waals surface area contributed by atoms with Gasteiger partial charge in [0, 0.05) is 31.3 Å². The lowest BCUT2D eigenvalue weighted by Crippen LogP contribution is -2.38. The van der Waals surface area contributed by atoms with Gasteiger partial charge in [0.15, 0.2) is 0 Å². The number of carbonyl (C=O) groups excluding carboxylic acids is 2. The zero-order valence-corrected chi connectivity index (χ0v) is 18.0. The minimum atomic E-state index is -0.559. The highest BCUT2D eigenvalue weighted by atomic mass is 16.2. The number of piperidine rings is 1. The molecule has 1 aliphatic heterocycles. The van der Waals surface area contributed by atoms with Crippen molar-refractivity contribution in [2.75, 3.05) is 23.3 Å². The molecule has 0 atom stereocenters. The largest absolute Gasteiger partial charge is 0.366 e. The van der Waals surface area contributed by atoms with E-state index in [2.05, 4.69) is 43.0 Å². The summed E-state index contributed by atoms with van der Waals surface area (Å²) in [5.41, 5.74) is 7.28. The number of hydrogen-bond donors (Lipinski definition) is 2. The number of nitrogens with zero attached hydrogens (tertiary/aromatic N) is 4. The van der Waals surface area contributed by atoms with Gasteiger partial charge in [-0.05, 0) is 42.5 Å². The Balaban J connectivity index is 1.27. The molecule has 5 rings (SSSR count). The number of primary amides is 1. The predicted octanol–water partition coefficient (Wildman–Crippen LogP) is 3.37. The highest BCUT2D eigenvalue weighted by Crippen LogP contribution is 2.26. The average Bonchev–Trinajstić information content (AvgIpc) is 3.29. The number of para-hydroxylation sites is 2. The normalized spacial score (nSPS) is 14.4. The fourth-order valence-corrected chi connectivity index (χ4v) is 4.34. The first kappa shape index (κ1) is 20.7. The summed E-state index contributed by atoms with van der Waals surface area (Å²) < 4.78 is 2.05. The van der Waals surface area contributed by atoms with Crippen molar-refractivity contribution in [3.8, 4) is 5.82 Å². The third-order valence-electron chi connectivity index (χ3n) is 6.12. The van der Waals surface area contributed by atoms with Crippen LogP contribution < -0.4 is 16.0 Å². The molecular weight excluding hydrogens is 416 g/mol. The van der Waals surface area contributed by atoms with Crippen LogP contribution in [0.5, 0.6) is 0 Å². The van der Waals surface area contributed by atoms with Crippen molar-refractivity contribution in [2.24, 2.45) is 11.7 Å². The molecule has 3 N–H and O–H groups in total. The van der Waals surface area contributed by atoms with Crippen molar-refractivity contribution in [2.45, 2.75) is 12.8 Å². The van der Waals surface area contributed by atoms with Crippen LogP contribution in [0.1, 0.15) is 23.2 Å². The van der Waals surface area contributed by atoms with Gasteiger partial charge in [0.05, 0.1) is 16.8 Å². The minimum Gasteiger partial charge on any atom is -0.366 e. The molecule has 33 heavy (non-hydrogen) atoms. The van der Waals surface area contributed by atoms with Gasteiger partial charge < -0.3 is 20.5 Å². The Morgan fingerprint density at radius 1 is 0.939 bits per heavy atom. The molecule has 3 heterocycles. The highest BCUT2D eigenvalue weighted by Gasteiger charge is 2.26. The zero-order chi connectivity index (χ0) is 22.8. The SMILES string of the molecule is NC(=O)c1ccccc1NC(=O)C1CCN(c2cc(-n3ccc4ccccc43)ncn2)CC1. The summed E-state index contributed by atoms with van der Waals surface area (Å²) in [7, 11) is 0. The Labute approximate surface area is 191 Å². The highest BCUT2D eigenvalue weighted by molar-refractivity contribution is 6.03. The number of nitrogens with two attached hydrogens (primary N) is 1. The molecule has 2 aromatic carbocycles. The smallest absolute Gasteiger partial charge is 0.250 e. The molecule has 8 heteroatoms. The van der Waals surface area contributed by atoms with Crippen molar-refractivity contribution >= 4 is 34.2 Å². The Bertz CT molecular complexity index is 1320. The van der Waals surface area contributed by atoms with E-state index in [0.29, 0.717) is 37.2 Å². The minimum absolute atomic E-state index is 0.0921. The van der Waals surface area contributed by atoms with E-state index in [1.165, 1.54) is 0 Å². The lowest BCUT2D eigenvalue weighted by atomic mass is 9.95. The number of hydrogen-bond acceptors (Lipinski definition) is 5. The van der Waals surface area contributed by atoms with E-state index in [1.54, 1.807) is 30.6 Å². The van der Waals surface area contributed by atoms with Gasteiger partial charge in [0.25, 0.3) is 5.91 Å². The van der Waals surface area contributed by atoms with Gasteiger partial charge in [-0.25, -0.2) is 9.97 Å². The Morgan fingerprint density at radius 2 is 1.67 bits per heavy atom. The second-order valence-corrected chi connectivity index (χ2v) is 8.14. The van der Waals surface area contributed by atoms with E-state index in [4.69, 9.17) is 5.73 Å². The van der Waals surface area contributed by atoms with Crippen LogP contribution in [0.4, 0.5) is 11.5 Å². The van der Waals surface area contributed by atoms with Crippen LogP contribution in [0, 0.1) is 5.92 Å². The van der Waals surface area contributed by atoms with Crippen LogP contribution in [0.15, 0.2) is 73.2 Å². The zero-order valence-electron chi connectivity index (χ0n) is 18.0. The topological polar surface area (TPSA) is 106 Å². The molecule has 2 amide bonds. The molecule has 1 saturated heterocycles. The maximum absolute atomic E-state index is 12.8. The van der Waals surface area contributed by atoms with Crippen molar-refractivity contribution in [1.82, 2.24) is 14.5 Å². The first-order valence-corrected chi connectivity index (χ1v) is 10.9. The Kier molecular flexibility index (Phi) is 5.48. The third kappa shape index (κ3) is 4.15. The fourth-order valence-electron chi connectivity index (χ4n) is 4.34. The van der Waals surface area contributed by atoms with E-state index in [9.17, 15) is 9.59 Å². The summed E-state index contributed by atoms with van der Waals surface area (Å²) in [4.78, 5) is 35.5. The molecule has 0 bridgehead atoms. The first-order valence-electron chi connectivity index (χ1n) is 10.9. The average molecular weight is 441 g/mol. The molecule has 0 spiro atoms. The number of rotatable bonds is 5. The van der Waals surface area contributed by atoms with Gasteiger partial charge in [-0.15, -0.1) is 0 Å². The van der Waals surface area contributed by atoms with Crippen molar-refractivity contribution in [3.63, 3.8) is 0 Å². The van der Waals surface area contributed by atoms with E-state index >= 15 is 0 Å². The molecule has 0 saturated carbocycles. The maximum atomic E-state index is 12.8. The van der Waals surface area contributed by atoms with E-state index in [0.717, 1.165) is 22.5 Å². The van der Waals surface area contributed by atoms with E-state index < -0.39 is 5.91 Å². The van der Waals surface area contributed by atoms with Crippen LogP contribution in [0.25, 0.3) is 16.7 Å². The molecule has 0 radical (unpaired) electrons. The molecule has 1 fully saturated rings.